The Bertz CT molecular complexity index is 652. The maximum absolute atomic E-state index is 12.6. The van der Waals surface area contributed by atoms with E-state index in [4.69, 9.17) is 4.74 Å². The zero-order valence-corrected chi connectivity index (χ0v) is 15.3. The van der Waals surface area contributed by atoms with Crippen molar-refractivity contribution in [2.45, 2.75) is 30.7 Å². The van der Waals surface area contributed by atoms with Gasteiger partial charge in [-0.1, -0.05) is 6.92 Å². The summed E-state index contributed by atoms with van der Waals surface area (Å²) in [5.41, 5.74) is 0. The number of nitrogens with zero attached hydrogens (tertiary/aromatic N) is 1. The van der Waals surface area contributed by atoms with Crippen LogP contribution < -0.4 is 10.1 Å². The molecule has 1 aromatic rings. The number of amides is 1. The number of rotatable bonds is 6. The van der Waals surface area contributed by atoms with Gasteiger partial charge in [0.05, 0.1) is 17.8 Å². The van der Waals surface area contributed by atoms with Crippen molar-refractivity contribution in [3.63, 3.8) is 0 Å². The number of piperidine rings is 1. The first-order chi connectivity index (χ1) is 11.3. The van der Waals surface area contributed by atoms with Gasteiger partial charge in [0.15, 0.2) is 9.84 Å². The van der Waals surface area contributed by atoms with Crippen LogP contribution in [0.1, 0.15) is 19.8 Å². The molecule has 1 N–H and O–H groups in total. The molecule has 0 spiro atoms. The number of carbonyl (C=O) groups excluding carboxylic acids is 1. The summed E-state index contributed by atoms with van der Waals surface area (Å²) in [5.74, 6) is -0.271. The van der Waals surface area contributed by atoms with Gasteiger partial charge in [-0.2, -0.15) is 0 Å². The third kappa shape index (κ3) is 4.48. The molecule has 0 aliphatic carbocycles. The fourth-order valence-corrected chi connectivity index (χ4v) is 4.55. The molecule has 2 rings (SSSR count). The maximum atomic E-state index is 12.6. The van der Waals surface area contributed by atoms with Crippen molar-refractivity contribution in [1.29, 1.82) is 0 Å². The fraction of sp³-hybridized carbons (Fsp3) is 0.588. The number of nitrogens with one attached hydrogen (secondary N) is 1. The van der Waals surface area contributed by atoms with Crippen molar-refractivity contribution in [1.82, 2.24) is 10.2 Å². The van der Waals surface area contributed by atoms with Crippen molar-refractivity contribution in [3.8, 4) is 5.75 Å². The van der Waals surface area contributed by atoms with Crippen molar-refractivity contribution in [3.05, 3.63) is 24.3 Å². The largest absolute Gasteiger partial charge is 0.497 e. The summed E-state index contributed by atoms with van der Waals surface area (Å²) >= 11 is 0. The minimum Gasteiger partial charge on any atom is -0.497 e. The highest BCUT2D eigenvalue weighted by Gasteiger charge is 2.29. The first-order valence-electron chi connectivity index (χ1n) is 8.19. The Labute approximate surface area is 144 Å². The molecule has 1 aliphatic heterocycles. The lowest BCUT2D eigenvalue weighted by atomic mass is 10.0. The summed E-state index contributed by atoms with van der Waals surface area (Å²) in [6.07, 6.45) is 1.81. The number of methoxy groups -OCH3 is 1. The predicted octanol–water partition coefficient (Wildman–Crippen LogP) is 1.32. The molecule has 0 aromatic heterocycles. The van der Waals surface area contributed by atoms with Gasteiger partial charge in [-0.25, -0.2) is 8.42 Å². The Morgan fingerprint density at radius 3 is 2.42 bits per heavy atom. The normalized spacial score (nSPS) is 17.3. The smallest absolute Gasteiger partial charge is 0.226 e. The monoisotopic (exact) mass is 354 g/mol. The van der Waals surface area contributed by atoms with Crippen LogP contribution >= 0.6 is 0 Å². The third-order valence-corrected chi connectivity index (χ3v) is 6.44. The summed E-state index contributed by atoms with van der Waals surface area (Å²) in [5, 5.41) is 3.26. The third-order valence-electron chi connectivity index (χ3n) is 4.51. The second-order valence-corrected chi connectivity index (χ2v) is 8.32. The highest BCUT2D eigenvalue weighted by Crippen LogP contribution is 2.20. The van der Waals surface area contributed by atoms with E-state index < -0.39 is 15.8 Å². The van der Waals surface area contributed by atoms with Gasteiger partial charge in [0, 0.05) is 19.0 Å². The molecule has 1 atom stereocenters. The van der Waals surface area contributed by atoms with Crippen LogP contribution in [0.2, 0.25) is 0 Å². The Hall–Kier alpha value is -1.60. The lowest BCUT2D eigenvalue weighted by molar-refractivity contribution is -0.135. The molecule has 1 aliphatic rings. The molecule has 134 valence electrons. The highest BCUT2D eigenvalue weighted by molar-refractivity contribution is 7.91. The van der Waals surface area contributed by atoms with E-state index in [1.165, 1.54) is 19.2 Å². The first kappa shape index (κ1) is 18.7. The minimum absolute atomic E-state index is 0.112. The molecule has 0 radical (unpaired) electrons. The summed E-state index contributed by atoms with van der Waals surface area (Å²) in [7, 11) is -0.208. The van der Waals surface area contributed by atoms with Gasteiger partial charge in [-0.3, -0.25) is 4.79 Å². The molecule has 0 bridgehead atoms. The van der Waals surface area contributed by atoms with Crippen LogP contribution in [0, 0.1) is 5.92 Å². The number of hydrogen-bond acceptors (Lipinski definition) is 5. The van der Waals surface area contributed by atoms with Crippen LogP contribution in [0.25, 0.3) is 0 Å². The van der Waals surface area contributed by atoms with E-state index in [-0.39, 0.29) is 22.6 Å². The summed E-state index contributed by atoms with van der Waals surface area (Å²) in [6, 6.07) is 6.44. The first-order valence-corrected chi connectivity index (χ1v) is 9.84. The molecule has 1 unspecified atom stereocenters. The predicted molar refractivity (Wildman–Crippen MR) is 92.9 cm³/mol. The average Bonchev–Trinajstić information content (AvgIpc) is 2.60. The lowest BCUT2D eigenvalue weighted by Gasteiger charge is -2.33. The van der Waals surface area contributed by atoms with Crippen LogP contribution in [0.4, 0.5) is 0 Å². The maximum Gasteiger partial charge on any atom is 0.226 e. The Balaban J connectivity index is 2.03. The van der Waals surface area contributed by atoms with E-state index in [2.05, 4.69) is 5.32 Å². The SMILES string of the molecule is COc1ccc(S(=O)(=O)CC(C)C(=O)N(C)C2CCNCC2)cc1. The highest BCUT2D eigenvalue weighted by atomic mass is 32.2. The van der Waals surface area contributed by atoms with E-state index in [0.717, 1.165) is 25.9 Å². The molecule has 1 saturated heterocycles. The van der Waals surface area contributed by atoms with Crippen molar-refractivity contribution < 1.29 is 17.9 Å². The summed E-state index contributed by atoms with van der Waals surface area (Å²) < 4.78 is 30.1. The van der Waals surface area contributed by atoms with Gasteiger partial charge in [-0.05, 0) is 50.2 Å². The molecule has 7 heteroatoms. The van der Waals surface area contributed by atoms with Crippen LogP contribution in [-0.2, 0) is 14.6 Å². The number of hydrogen-bond donors (Lipinski definition) is 1. The molecule has 1 fully saturated rings. The fourth-order valence-electron chi connectivity index (χ4n) is 3.00. The molecular weight excluding hydrogens is 328 g/mol. The molecule has 1 amide bonds. The van der Waals surface area contributed by atoms with E-state index >= 15 is 0 Å². The van der Waals surface area contributed by atoms with E-state index in [9.17, 15) is 13.2 Å². The lowest BCUT2D eigenvalue weighted by Crippen LogP contribution is -2.46. The minimum atomic E-state index is -3.51. The van der Waals surface area contributed by atoms with Crippen LogP contribution in [-0.4, -0.2) is 58.3 Å². The molecule has 6 nitrogen and oxygen atoms in total. The molecular formula is C17H26N2O4S. The van der Waals surface area contributed by atoms with E-state index in [0.29, 0.717) is 5.75 Å². The topological polar surface area (TPSA) is 75.7 Å². The zero-order chi connectivity index (χ0) is 17.7. The van der Waals surface area contributed by atoms with Gasteiger partial charge in [0.1, 0.15) is 5.75 Å². The van der Waals surface area contributed by atoms with Crippen molar-refractivity contribution in [2.75, 3.05) is 33.0 Å². The van der Waals surface area contributed by atoms with Gasteiger partial charge < -0.3 is 15.0 Å². The second-order valence-electron chi connectivity index (χ2n) is 6.29. The van der Waals surface area contributed by atoms with Crippen LogP contribution in [0.3, 0.4) is 0 Å². The quantitative estimate of drug-likeness (QED) is 0.834. The number of carbonyl (C=O) groups is 1. The van der Waals surface area contributed by atoms with Gasteiger partial charge in [-0.15, -0.1) is 0 Å². The molecule has 1 heterocycles. The Kier molecular flexibility index (Phi) is 6.23. The van der Waals surface area contributed by atoms with E-state index in [1.54, 1.807) is 31.0 Å². The zero-order valence-electron chi connectivity index (χ0n) is 14.5. The van der Waals surface area contributed by atoms with E-state index in [1.807, 2.05) is 0 Å². The van der Waals surface area contributed by atoms with Crippen molar-refractivity contribution >= 4 is 15.7 Å². The standard InChI is InChI=1S/C17H26N2O4S/c1-13(17(20)19(2)14-8-10-18-11-9-14)12-24(21,22)16-6-4-15(23-3)5-7-16/h4-7,13-14,18H,8-12H2,1-3H3. The van der Waals surface area contributed by atoms with Crippen LogP contribution in [0.5, 0.6) is 5.75 Å². The van der Waals surface area contributed by atoms with Crippen LogP contribution in [0.15, 0.2) is 29.2 Å². The Morgan fingerprint density at radius 1 is 1.29 bits per heavy atom. The molecule has 1 aromatic carbocycles. The number of ether oxygens (including phenoxy) is 1. The van der Waals surface area contributed by atoms with Gasteiger partial charge in [0.25, 0.3) is 0 Å². The van der Waals surface area contributed by atoms with Gasteiger partial charge >= 0.3 is 0 Å². The number of benzene rings is 1. The Morgan fingerprint density at radius 2 is 1.88 bits per heavy atom. The summed E-state index contributed by atoms with van der Waals surface area (Å²) in [6.45, 7) is 3.46. The molecule has 24 heavy (non-hydrogen) atoms. The second kappa shape index (κ2) is 7.98. The molecule has 0 saturated carbocycles. The van der Waals surface area contributed by atoms with Crippen molar-refractivity contribution in [2.24, 2.45) is 5.92 Å². The summed E-state index contributed by atoms with van der Waals surface area (Å²) in [4.78, 5) is 14.5. The van der Waals surface area contributed by atoms with Gasteiger partial charge in [0.2, 0.25) is 5.91 Å². The number of sulfone groups is 1. The average molecular weight is 354 g/mol.